The molecule has 0 aromatic heterocycles. The minimum Gasteiger partial charge on any atom is -0.379 e. The van der Waals surface area contributed by atoms with Gasteiger partial charge in [-0.2, -0.15) is 13.2 Å². The molecule has 0 bridgehead atoms. The van der Waals surface area contributed by atoms with Crippen LogP contribution in [-0.4, -0.2) is 41.6 Å². The van der Waals surface area contributed by atoms with Crippen LogP contribution in [0.1, 0.15) is 19.4 Å². The van der Waals surface area contributed by atoms with Crippen LogP contribution in [0.4, 0.5) is 30.2 Å². The summed E-state index contributed by atoms with van der Waals surface area (Å²) < 4.78 is 64.5. The Balaban J connectivity index is 2.24. The number of alkyl halides is 3. The van der Waals surface area contributed by atoms with Crippen molar-refractivity contribution >= 4 is 38.7 Å². The Hall–Kier alpha value is -3.52. The molecule has 0 aliphatic rings. The van der Waals surface area contributed by atoms with Crippen molar-refractivity contribution in [3.63, 3.8) is 0 Å². The molecule has 0 radical (unpaired) electrons. The Bertz CT molecular complexity index is 1190. The highest BCUT2D eigenvalue weighted by Gasteiger charge is 2.40. The van der Waals surface area contributed by atoms with E-state index in [1.807, 2.05) is 5.32 Å². The van der Waals surface area contributed by atoms with Crippen molar-refractivity contribution in [2.75, 3.05) is 16.4 Å². The number of nitro benzene ring substituents is 1. The summed E-state index contributed by atoms with van der Waals surface area (Å²) in [7, 11) is -4.24. The van der Waals surface area contributed by atoms with Crippen molar-refractivity contribution in [1.29, 1.82) is 0 Å². The molecule has 0 aliphatic carbocycles. The lowest BCUT2D eigenvalue weighted by atomic mass is 10.1. The van der Waals surface area contributed by atoms with E-state index in [-0.39, 0.29) is 10.8 Å². The molecule has 2 aromatic carbocycles. The van der Waals surface area contributed by atoms with Gasteiger partial charge < -0.3 is 15.7 Å². The fourth-order valence-corrected chi connectivity index (χ4v) is 4.32. The first kappa shape index (κ1) is 25.7. The van der Waals surface area contributed by atoms with Crippen LogP contribution in [0, 0.1) is 10.1 Å². The lowest BCUT2D eigenvalue weighted by Gasteiger charge is -2.22. The molecule has 0 heterocycles. The van der Waals surface area contributed by atoms with E-state index in [1.54, 1.807) is 0 Å². The van der Waals surface area contributed by atoms with Gasteiger partial charge in [-0.3, -0.25) is 19.7 Å². The van der Waals surface area contributed by atoms with Crippen molar-refractivity contribution in [2.24, 2.45) is 0 Å². The second-order valence-electron chi connectivity index (χ2n) is 7.18. The smallest absolute Gasteiger partial charge is 0.379 e. The van der Waals surface area contributed by atoms with Gasteiger partial charge in [0.05, 0.1) is 15.6 Å². The molecule has 10 nitrogen and oxygen atoms in total. The van der Waals surface area contributed by atoms with Crippen LogP contribution in [0.2, 0.25) is 0 Å². The van der Waals surface area contributed by atoms with Crippen LogP contribution in [0.5, 0.6) is 0 Å². The van der Waals surface area contributed by atoms with Crippen molar-refractivity contribution in [3.05, 3.63) is 58.1 Å². The minimum atomic E-state index is -5.10. The predicted molar refractivity (Wildman–Crippen MR) is 110 cm³/mol. The lowest BCUT2D eigenvalue weighted by Crippen LogP contribution is -2.45. The second-order valence-corrected chi connectivity index (χ2v) is 9.17. The fraction of sp³-hybridized carbons (Fsp3) is 0.263. The highest BCUT2D eigenvalue weighted by Crippen LogP contribution is 2.37. The third-order valence-corrected chi connectivity index (χ3v) is 6.18. The van der Waals surface area contributed by atoms with Crippen molar-refractivity contribution in [2.45, 2.75) is 30.5 Å². The van der Waals surface area contributed by atoms with Gasteiger partial charge in [0.25, 0.3) is 11.6 Å². The number of carbonyl (C=O) groups excluding carboxylic acids is 2. The van der Waals surface area contributed by atoms with E-state index in [0.717, 1.165) is 25.1 Å². The zero-order valence-corrected chi connectivity index (χ0v) is 18.0. The van der Waals surface area contributed by atoms with E-state index in [0.29, 0.717) is 17.8 Å². The summed E-state index contributed by atoms with van der Waals surface area (Å²) in [6.07, 6.45) is -5.10. The first-order chi connectivity index (χ1) is 15.0. The number of nitro groups is 1. The molecule has 2 amide bonds. The number of anilines is 2. The number of nitrogens with one attached hydrogen (secondary N) is 2. The number of hydrogen-bond acceptors (Lipinski definition) is 7. The van der Waals surface area contributed by atoms with E-state index in [4.69, 9.17) is 0 Å². The quantitative estimate of drug-likeness (QED) is 0.399. The van der Waals surface area contributed by atoms with Crippen molar-refractivity contribution < 1.29 is 41.2 Å². The molecule has 33 heavy (non-hydrogen) atoms. The van der Waals surface area contributed by atoms with E-state index < -0.39 is 55.1 Å². The summed E-state index contributed by atoms with van der Waals surface area (Å²) in [5.74, 6) is -2.85. The zero-order valence-electron chi connectivity index (χ0n) is 17.1. The maximum absolute atomic E-state index is 13.1. The molecule has 0 fully saturated rings. The van der Waals surface area contributed by atoms with Gasteiger partial charge in [0.15, 0.2) is 15.4 Å². The van der Waals surface area contributed by atoms with Gasteiger partial charge in [-0.1, -0.05) is 0 Å². The second kappa shape index (κ2) is 9.15. The Morgan fingerprint density at radius 2 is 1.61 bits per heavy atom. The normalized spacial score (nSPS) is 13.6. The van der Waals surface area contributed by atoms with E-state index in [2.05, 4.69) is 5.32 Å². The third-order valence-electron chi connectivity index (χ3n) is 4.25. The van der Waals surface area contributed by atoms with Crippen LogP contribution >= 0.6 is 0 Å². The first-order valence-corrected chi connectivity index (χ1v) is 10.7. The number of halogens is 3. The Labute approximate surface area is 185 Å². The number of sulfone groups is 1. The van der Waals surface area contributed by atoms with Crippen molar-refractivity contribution in [1.82, 2.24) is 0 Å². The van der Waals surface area contributed by atoms with Crippen LogP contribution in [0.15, 0.2) is 47.4 Å². The zero-order chi connectivity index (χ0) is 25.2. The maximum atomic E-state index is 13.1. The van der Waals surface area contributed by atoms with E-state index in [1.165, 1.54) is 19.1 Å². The minimum absolute atomic E-state index is 0.278. The molecule has 1 atom stereocenters. The molecule has 2 rings (SSSR count). The molecule has 0 unspecified atom stereocenters. The average Bonchev–Trinajstić information content (AvgIpc) is 2.66. The number of amides is 2. The lowest BCUT2D eigenvalue weighted by molar-refractivity contribution is -0.388. The SMILES string of the molecule is CC(=O)Nc1ccc(S(=O)(=O)C[C@](C)(O)C(=O)Nc2ccc([N+](=O)[O-])c(C(F)(F)F)c2)cc1. The molecule has 3 N–H and O–H groups in total. The number of rotatable bonds is 7. The average molecular weight is 489 g/mol. The number of nitrogens with zero attached hydrogens (tertiary/aromatic N) is 1. The summed E-state index contributed by atoms with van der Waals surface area (Å²) in [5.41, 5.74) is -5.66. The topological polar surface area (TPSA) is 156 Å². The largest absolute Gasteiger partial charge is 0.423 e. The third kappa shape index (κ3) is 6.49. The number of aliphatic hydroxyl groups is 1. The van der Waals surface area contributed by atoms with Gasteiger partial charge in [0.2, 0.25) is 5.91 Å². The standard InChI is InChI=1S/C19H18F3N3O7S/c1-11(26)23-12-3-6-14(7-4-12)33(31,32)10-18(2,28)17(27)24-13-5-8-16(25(29)30)15(9-13)19(20,21)22/h3-9,28H,10H2,1-2H3,(H,23,26)(H,24,27)/t18-/m0/s1. The Kier molecular flexibility index (Phi) is 7.14. The van der Waals surface area contributed by atoms with E-state index >= 15 is 0 Å². The highest BCUT2D eigenvalue weighted by atomic mass is 32.2. The molecule has 0 saturated carbocycles. The summed E-state index contributed by atoms with van der Waals surface area (Å²) in [4.78, 5) is 32.7. The van der Waals surface area contributed by atoms with Crippen molar-refractivity contribution in [3.8, 4) is 0 Å². The van der Waals surface area contributed by atoms with Gasteiger partial charge in [-0.25, -0.2) is 8.42 Å². The van der Waals surface area contributed by atoms with Gasteiger partial charge in [-0.15, -0.1) is 0 Å². The summed E-state index contributed by atoms with van der Waals surface area (Å²) >= 11 is 0. The Morgan fingerprint density at radius 3 is 2.09 bits per heavy atom. The van der Waals surface area contributed by atoms with E-state index in [9.17, 15) is 46.4 Å². The summed E-state index contributed by atoms with van der Waals surface area (Å²) in [6.45, 7) is 2.10. The van der Waals surface area contributed by atoms with Crippen LogP contribution in [0.3, 0.4) is 0 Å². The molecule has 0 spiro atoms. The number of hydrogen-bond donors (Lipinski definition) is 3. The first-order valence-electron chi connectivity index (χ1n) is 9.03. The van der Waals surface area contributed by atoms with Gasteiger partial charge in [0, 0.05) is 24.4 Å². The van der Waals surface area contributed by atoms with Gasteiger partial charge in [-0.05, 0) is 43.3 Å². The molecular formula is C19H18F3N3O7S. The summed E-state index contributed by atoms with van der Waals surface area (Å²) in [6, 6.07) is 6.51. The van der Waals surface area contributed by atoms with Crippen LogP contribution < -0.4 is 10.6 Å². The van der Waals surface area contributed by atoms with Crippen LogP contribution in [-0.2, 0) is 25.6 Å². The number of benzene rings is 2. The maximum Gasteiger partial charge on any atom is 0.423 e. The molecule has 14 heteroatoms. The van der Waals surface area contributed by atoms with Crippen LogP contribution in [0.25, 0.3) is 0 Å². The van der Waals surface area contributed by atoms with Gasteiger partial charge >= 0.3 is 6.18 Å². The number of carbonyl (C=O) groups is 2. The molecule has 2 aromatic rings. The molecule has 0 saturated heterocycles. The molecule has 178 valence electrons. The monoisotopic (exact) mass is 489 g/mol. The highest BCUT2D eigenvalue weighted by molar-refractivity contribution is 7.91. The summed E-state index contributed by atoms with van der Waals surface area (Å²) in [5, 5.41) is 25.6. The van der Waals surface area contributed by atoms with Gasteiger partial charge in [0.1, 0.15) is 5.56 Å². The fourth-order valence-electron chi connectivity index (χ4n) is 2.73. The Morgan fingerprint density at radius 1 is 1.06 bits per heavy atom. The predicted octanol–water partition coefficient (Wildman–Crippen LogP) is 2.74. The molecular weight excluding hydrogens is 471 g/mol. The molecule has 0 aliphatic heterocycles.